The molecule has 110 valence electrons. The molecule has 3 N–H and O–H groups in total. The third-order valence-electron chi connectivity index (χ3n) is 3.31. The molecule has 1 amide bonds. The summed E-state index contributed by atoms with van der Waals surface area (Å²) in [6.45, 7) is 3.60. The van der Waals surface area contributed by atoms with Crippen molar-refractivity contribution in [2.24, 2.45) is 5.73 Å². The van der Waals surface area contributed by atoms with E-state index >= 15 is 0 Å². The van der Waals surface area contributed by atoms with Crippen LogP contribution in [-0.4, -0.2) is 5.91 Å². The highest BCUT2D eigenvalue weighted by molar-refractivity contribution is 5.93. The zero-order valence-electron chi connectivity index (χ0n) is 11.8. The number of aryl methyl sites for hydroxylation is 1. The van der Waals surface area contributed by atoms with Crippen molar-refractivity contribution < 1.29 is 13.6 Å². The fourth-order valence-corrected chi connectivity index (χ4v) is 2.14. The van der Waals surface area contributed by atoms with Gasteiger partial charge in [0.25, 0.3) is 0 Å². The van der Waals surface area contributed by atoms with Gasteiger partial charge in [0.1, 0.15) is 11.6 Å². The Labute approximate surface area is 121 Å². The third kappa shape index (κ3) is 3.37. The van der Waals surface area contributed by atoms with Gasteiger partial charge in [-0.2, -0.15) is 0 Å². The van der Waals surface area contributed by atoms with Crippen LogP contribution in [0.15, 0.2) is 36.4 Å². The van der Waals surface area contributed by atoms with Gasteiger partial charge in [-0.1, -0.05) is 6.07 Å². The predicted molar refractivity (Wildman–Crippen MR) is 78.1 cm³/mol. The molecule has 0 saturated carbocycles. The highest BCUT2D eigenvalue weighted by Crippen LogP contribution is 2.25. The van der Waals surface area contributed by atoms with Crippen molar-refractivity contribution in [3.05, 3.63) is 64.7 Å². The number of benzene rings is 2. The summed E-state index contributed by atoms with van der Waals surface area (Å²) < 4.78 is 26.7. The minimum atomic E-state index is -0.606. The molecule has 0 aromatic heterocycles. The van der Waals surface area contributed by atoms with Crippen molar-refractivity contribution in [1.29, 1.82) is 0 Å². The van der Waals surface area contributed by atoms with Crippen LogP contribution in [0.4, 0.5) is 14.5 Å². The van der Waals surface area contributed by atoms with Crippen molar-refractivity contribution in [3.8, 4) is 0 Å². The van der Waals surface area contributed by atoms with Crippen LogP contribution in [0.3, 0.4) is 0 Å². The van der Waals surface area contributed by atoms with E-state index in [9.17, 15) is 13.6 Å². The summed E-state index contributed by atoms with van der Waals surface area (Å²) in [5, 5.41) is 3.14. The third-order valence-corrected chi connectivity index (χ3v) is 3.31. The lowest BCUT2D eigenvalue weighted by Crippen LogP contribution is -2.13. The Morgan fingerprint density at radius 3 is 2.48 bits per heavy atom. The number of anilines is 1. The highest BCUT2D eigenvalue weighted by atomic mass is 19.1. The van der Waals surface area contributed by atoms with E-state index in [0.29, 0.717) is 11.1 Å². The molecular weight excluding hydrogens is 274 g/mol. The van der Waals surface area contributed by atoms with Crippen LogP contribution in [-0.2, 0) is 0 Å². The number of hydrogen-bond acceptors (Lipinski definition) is 2. The molecule has 2 aromatic carbocycles. The van der Waals surface area contributed by atoms with Crippen molar-refractivity contribution in [2.75, 3.05) is 5.32 Å². The van der Waals surface area contributed by atoms with Gasteiger partial charge in [0.05, 0.1) is 6.04 Å². The number of carbonyl (C=O) groups is 1. The van der Waals surface area contributed by atoms with Crippen LogP contribution in [0, 0.1) is 18.6 Å². The number of amides is 1. The maximum atomic E-state index is 13.7. The first-order valence-electron chi connectivity index (χ1n) is 6.50. The summed E-state index contributed by atoms with van der Waals surface area (Å²) >= 11 is 0. The van der Waals surface area contributed by atoms with Crippen LogP contribution >= 0.6 is 0 Å². The summed E-state index contributed by atoms with van der Waals surface area (Å²) in [6.07, 6.45) is 0. The first kappa shape index (κ1) is 15.0. The van der Waals surface area contributed by atoms with E-state index in [1.165, 1.54) is 12.1 Å². The summed E-state index contributed by atoms with van der Waals surface area (Å²) in [7, 11) is 0. The second-order valence-corrected chi connectivity index (χ2v) is 4.93. The van der Waals surface area contributed by atoms with Gasteiger partial charge in [-0.15, -0.1) is 0 Å². The standard InChI is InChI=1S/C16H16F2N2O/c1-9-7-11(16(19)21)3-6-15(9)20-10(2)13-5-4-12(17)8-14(13)18/h3-8,10,20H,1-2H3,(H2,19,21). The van der Waals surface area contributed by atoms with Gasteiger partial charge < -0.3 is 11.1 Å². The molecule has 0 fully saturated rings. The zero-order chi connectivity index (χ0) is 15.6. The normalized spacial score (nSPS) is 12.0. The average molecular weight is 290 g/mol. The van der Waals surface area contributed by atoms with Gasteiger partial charge in [0.15, 0.2) is 0 Å². The van der Waals surface area contributed by atoms with E-state index in [4.69, 9.17) is 5.73 Å². The first-order valence-corrected chi connectivity index (χ1v) is 6.50. The molecule has 0 radical (unpaired) electrons. The van der Waals surface area contributed by atoms with Crippen LogP contribution in [0.25, 0.3) is 0 Å². The van der Waals surface area contributed by atoms with E-state index in [0.717, 1.165) is 17.3 Å². The Morgan fingerprint density at radius 2 is 1.90 bits per heavy atom. The molecule has 3 nitrogen and oxygen atoms in total. The predicted octanol–water partition coefficient (Wildman–Crippen LogP) is 3.55. The molecule has 2 rings (SSSR count). The Morgan fingerprint density at radius 1 is 1.19 bits per heavy atom. The minimum absolute atomic E-state index is 0.344. The molecule has 0 aliphatic heterocycles. The number of nitrogens with two attached hydrogens (primary N) is 1. The van der Waals surface area contributed by atoms with Crippen molar-refractivity contribution in [2.45, 2.75) is 19.9 Å². The quantitative estimate of drug-likeness (QED) is 0.904. The highest BCUT2D eigenvalue weighted by Gasteiger charge is 2.13. The van der Waals surface area contributed by atoms with Crippen LogP contribution < -0.4 is 11.1 Å². The number of hydrogen-bond donors (Lipinski definition) is 2. The molecule has 0 aliphatic rings. The lowest BCUT2D eigenvalue weighted by molar-refractivity contribution is 0.1000. The molecule has 5 heteroatoms. The molecule has 0 heterocycles. The van der Waals surface area contributed by atoms with E-state index in [2.05, 4.69) is 5.32 Å². The molecule has 0 aliphatic carbocycles. The Bertz CT molecular complexity index is 686. The van der Waals surface area contributed by atoms with E-state index in [1.54, 1.807) is 25.1 Å². The van der Waals surface area contributed by atoms with E-state index in [1.807, 2.05) is 6.92 Å². The van der Waals surface area contributed by atoms with Gasteiger partial charge in [-0.3, -0.25) is 4.79 Å². The second kappa shape index (κ2) is 5.91. The van der Waals surface area contributed by atoms with E-state index in [-0.39, 0.29) is 6.04 Å². The Hall–Kier alpha value is -2.43. The van der Waals surface area contributed by atoms with Crippen LogP contribution in [0.2, 0.25) is 0 Å². The van der Waals surface area contributed by atoms with Crippen molar-refractivity contribution in [1.82, 2.24) is 0 Å². The minimum Gasteiger partial charge on any atom is -0.378 e. The maximum absolute atomic E-state index is 13.7. The lowest BCUT2D eigenvalue weighted by atomic mass is 10.1. The molecule has 0 saturated heterocycles. The van der Waals surface area contributed by atoms with Crippen LogP contribution in [0.1, 0.15) is 34.5 Å². The lowest BCUT2D eigenvalue weighted by Gasteiger charge is -2.18. The molecular formula is C16H16F2N2O. The number of carbonyl (C=O) groups excluding carboxylic acids is 1. The van der Waals surface area contributed by atoms with Crippen molar-refractivity contribution in [3.63, 3.8) is 0 Å². The monoisotopic (exact) mass is 290 g/mol. The first-order chi connectivity index (χ1) is 9.88. The smallest absolute Gasteiger partial charge is 0.248 e. The summed E-state index contributed by atoms with van der Waals surface area (Å²) in [4.78, 5) is 11.1. The Kier molecular flexibility index (Phi) is 4.21. The molecule has 2 aromatic rings. The molecule has 21 heavy (non-hydrogen) atoms. The van der Waals surface area contributed by atoms with E-state index < -0.39 is 17.5 Å². The zero-order valence-corrected chi connectivity index (χ0v) is 11.8. The molecule has 1 unspecified atom stereocenters. The molecule has 1 atom stereocenters. The maximum Gasteiger partial charge on any atom is 0.248 e. The second-order valence-electron chi connectivity index (χ2n) is 4.93. The van der Waals surface area contributed by atoms with Gasteiger partial charge >= 0.3 is 0 Å². The summed E-state index contributed by atoms with van der Waals surface area (Å²) in [5.74, 6) is -1.70. The van der Waals surface area contributed by atoms with Crippen molar-refractivity contribution >= 4 is 11.6 Å². The summed E-state index contributed by atoms with van der Waals surface area (Å²) in [5.41, 5.74) is 7.58. The number of nitrogens with one attached hydrogen (secondary N) is 1. The fraction of sp³-hybridized carbons (Fsp3) is 0.188. The molecule has 0 bridgehead atoms. The van der Waals surface area contributed by atoms with Gasteiger partial charge in [-0.25, -0.2) is 8.78 Å². The largest absolute Gasteiger partial charge is 0.378 e. The average Bonchev–Trinajstić information content (AvgIpc) is 2.40. The number of halogens is 2. The SMILES string of the molecule is Cc1cc(C(N)=O)ccc1NC(C)c1ccc(F)cc1F. The Balaban J connectivity index is 2.23. The van der Waals surface area contributed by atoms with Gasteiger partial charge in [0.2, 0.25) is 5.91 Å². The van der Waals surface area contributed by atoms with Crippen LogP contribution in [0.5, 0.6) is 0 Å². The summed E-state index contributed by atoms with van der Waals surface area (Å²) in [6, 6.07) is 8.13. The number of rotatable bonds is 4. The molecule has 0 spiro atoms. The van der Waals surface area contributed by atoms with Gasteiger partial charge in [0, 0.05) is 22.9 Å². The number of primary amides is 1. The topological polar surface area (TPSA) is 55.1 Å². The van der Waals surface area contributed by atoms with Gasteiger partial charge in [-0.05, 0) is 43.7 Å². The fourth-order valence-electron chi connectivity index (χ4n) is 2.14.